The van der Waals surface area contributed by atoms with E-state index in [0.29, 0.717) is 0 Å². The number of benzene rings is 2. The molecule has 0 saturated heterocycles. The normalized spacial score (nSPS) is 10.9. The van der Waals surface area contributed by atoms with Crippen LogP contribution in [0.15, 0.2) is 65.4 Å². The van der Waals surface area contributed by atoms with Gasteiger partial charge in [0, 0.05) is 20.6 Å². The Labute approximate surface area is 152 Å². The van der Waals surface area contributed by atoms with Crippen LogP contribution in [0.1, 0.15) is 4.88 Å². The van der Waals surface area contributed by atoms with Crippen LogP contribution in [-0.4, -0.2) is 9.97 Å². The molecule has 4 rings (SSSR count). The van der Waals surface area contributed by atoms with Crippen LogP contribution < -0.4 is 5.32 Å². The van der Waals surface area contributed by atoms with E-state index in [4.69, 9.17) is 0 Å². The van der Waals surface area contributed by atoms with Gasteiger partial charge in [-0.05, 0) is 30.7 Å². The third-order valence-electron chi connectivity index (χ3n) is 3.81. The molecule has 4 aromatic rings. The number of hydrogen-bond acceptors (Lipinski definition) is 4. The molecule has 3 nitrogen and oxygen atoms in total. The summed E-state index contributed by atoms with van der Waals surface area (Å²) in [7, 11) is 0. The van der Waals surface area contributed by atoms with Gasteiger partial charge in [-0.2, -0.15) is 0 Å². The fourth-order valence-electron chi connectivity index (χ4n) is 2.79. The van der Waals surface area contributed by atoms with E-state index < -0.39 is 0 Å². The first kappa shape index (κ1) is 15.3. The smallest absolute Gasteiger partial charge is 0.143 e. The third-order valence-corrected chi connectivity index (χ3v) is 5.32. The lowest BCUT2D eigenvalue weighted by Crippen LogP contribution is -1.95. The second kappa shape index (κ2) is 6.34. The second-order valence-corrected chi connectivity index (χ2v) is 7.56. The van der Waals surface area contributed by atoms with Crippen molar-refractivity contribution in [2.45, 2.75) is 6.92 Å². The number of hydrogen-bond donors (Lipinski definition) is 1. The molecule has 0 spiro atoms. The number of thiophene rings is 1. The summed E-state index contributed by atoms with van der Waals surface area (Å²) in [4.78, 5) is 11.2. The van der Waals surface area contributed by atoms with Gasteiger partial charge in [0.15, 0.2) is 0 Å². The van der Waals surface area contributed by atoms with Crippen LogP contribution in [-0.2, 0) is 0 Å². The highest BCUT2D eigenvalue weighted by Gasteiger charge is 2.16. The summed E-state index contributed by atoms with van der Waals surface area (Å²) < 4.78 is 1.03. The summed E-state index contributed by atoms with van der Waals surface area (Å²) in [6.07, 6.45) is 1.62. The van der Waals surface area contributed by atoms with Crippen molar-refractivity contribution in [2.75, 3.05) is 5.32 Å². The standard InChI is InChI=1S/C19H14BrN3S/c1-12-16(13-6-3-2-4-7-13)17-18(21-11-22-19(17)24-12)23-15-9-5-8-14(20)10-15/h2-11H,1H3,(H,21,22,23). The van der Waals surface area contributed by atoms with E-state index in [0.717, 1.165) is 26.2 Å². The minimum absolute atomic E-state index is 0.835. The predicted octanol–water partition coefficient (Wildman–Crippen LogP) is 6.17. The SMILES string of the molecule is Cc1sc2ncnc(Nc3cccc(Br)c3)c2c1-c1ccccc1. The van der Waals surface area contributed by atoms with Crippen molar-refractivity contribution >= 4 is 49.0 Å². The van der Waals surface area contributed by atoms with Crippen LogP contribution in [0.2, 0.25) is 0 Å². The van der Waals surface area contributed by atoms with Crippen molar-refractivity contribution in [3.05, 3.63) is 70.3 Å². The number of rotatable bonds is 3. The van der Waals surface area contributed by atoms with Crippen molar-refractivity contribution in [3.63, 3.8) is 0 Å². The van der Waals surface area contributed by atoms with Crippen molar-refractivity contribution in [2.24, 2.45) is 0 Å². The molecule has 2 heterocycles. The highest BCUT2D eigenvalue weighted by molar-refractivity contribution is 9.10. The van der Waals surface area contributed by atoms with Gasteiger partial charge in [0.2, 0.25) is 0 Å². The van der Waals surface area contributed by atoms with E-state index >= 15 is 0 Å². The Hall–Kier alpha value is -2.24. The van der Waals surface area contributed by atoms with Crippen LogP contribution >= 0.6 is 27.3 Å². The van der Waals surface area contributed by atoms with E-state index in [9.17, 15) is 0 Å². The zero-order valence-corrected chi connectivity index (χ0v) is 15.4. The Balaban J connectivity index is 1.90. The molecule has 0 aliphatic heterocycles. The lowest BCUT2D eigenvalue weighted by molar-refractivity contribution is 1.23. The number of anilines is 2. The van der Waals surface area contributed by atoms with Crippen molar-refractivity contribution in [1.29, 1.82) is 0 Å². The molecular formula is C19H14BrN3S. The molecule has 24 heavy (non-hydrogen) atoms. The van der Waals surface area contributed by atoms with Gasteiger partial charge < -0.3 is 5.32 Å². The minimum atomic E-state index is 0.835. The molecular weight excluding hydrogens is 382 g/mol. The molecule has 0 aliphatic carbocycles. The Kier molecular flexibility index (Phi) is 4.04. The predicted molar refractivity (Wildman–Crippen MR) is 105 cm³/mol. The zero-order valence-electron chi connectivity index (χ0n) is 13.0. The van der Waals surface area contributed by atoms with Crippen LogP contribution in [0, 0.1) is 6.92 Å². The molecule has 118 valence electrons. The second-order valence-electron chi connectivity index (χ2n) is 5.44. The average Bonchev–Trinajstić information content (AvgIpc) is 2.93. The summed E-state index contributed by atoms with van der Waals surface area (Å²) in [5.41, 5.74) is 3.38. The van der Waals surface area contributed by atoms with E-state index in [1.165, 1.54) is 16.0 Å². The quantitative estimate of drug-likeness (QED) is 0.450. The lowest BCUT2D eigenvalue weighted by Gasteiger charge is -2.09. The van der Waals surface area contributed by atoms with Gasteiger partial charge in [-0.3, -0.25) is 0 Å². The fraction of sp³-hybridized carbons (Fsp3) is 0.0526. The molecule has 0 saturated carbocycles. The maximum absolute atomic E-state index is 4.50. The Morgan fingerprint density at radius 2 is 1.83 bits per heavy atom. The van der Waals surface area contributed by atoms with Gasteiger partial charge in [-0.25, -0.2) is 9.97 Å². The largest absolute Gasteiger partial charge is 0.340 e. The highest BCUT2D eigenvalue weighted by Crippen LogP contribution is 2.40. The van der Waals surface area contributed by atoms with Gasteiger partial charge in [-0.1, -0.05) is 52.3 Å². The van der Waals surface area contributed by atoms with E-state index in [1.807, 2.05) is 30.3 Å². The minimum Gasteiger partial charge on any atom is -0.340 e. The maximum atomic E-state index is 4.50. The molecule has 0 fully saturated rings. The Morgan fingerprint density at radius 3 is 2.62 bits per heavy atom. The van der Waals surface area contributed by atoms with Crippen LogP contribution in [0.4, 0.5) is 11.5 Å². The Morgan fingerprint density at radius 1 is 1.00 bits per heavy atom. The molecule has 2 aromatic carbocycles. The third kappa shape index (κ3) is 2.81. The molecule has 0 bridgehead atoms. The maximum Gasteiger partial charge on any atom is 0.143 e. The molecule has 0 atom stereocenters. The van der Waals surface area contributed by atoms with Crippen LogP contribution in [0.3, 0.4) is 0 Å². The lowest BCUT2D eigenvalue weighted by atomic mass is 10.0. The van der Waals surface area contributed by atoms with Gasteiger partial charge in [0.25, 0.3) is 0 Å². The van der Waals surface area contributed by atoms with E-state index in [2.05, 4.69) is 62.4 Å². The summed E-state index contributed by atoms with van der Waals surface area (Å²) in [5.74, 6) is 0.835. The zero-order chi connectivity index (χ0) is 16.5. The highest BCUT2D eigenvalue weighted by atomic mass is 79.9. The molecule has 5 heteroatoms. The molecule has 0 aliphatic rings. The Bertz CT molecular complexity index is 1010. The van der Waals surface area contributed by atoms with Crippen molar-refractivity contribution in [1.82, 2.24) is 9.97 Å². The number of nitrogens with one attached hydrogen (secondary N) is 1. The first-order valence-electron chi connectivity index (χ1n) is 7.54. The number of aromatic nitrogens is 2. The van der Waals surface area contributed by atoms with E-state index in [-0.39, 0.29) is 0 Å². The van der Waals surface area contributed by atoms with Gasteiger partial charge >= 0.3 is 0 Å². The topological polar surface area (TPSA) is 37.8 Å². The number of fused-ring (bicyclic) bond motifs is 1. The summed E-state index contributed by atoms with van der Waals surface area (Å²) in [6.45, 7) is 2.14. The number of aryl methyl sites for hydroxylation is 1. The molecule has 1 N–H and O–H groups in total. The summed E-state index contributed by atoms with van der Waals surface area (Å²) >= 11 is 5.21. The molecule has 2 aromatic heterocycles. The number of nitrogens with zero attached hydrogens (tertiary/aromatic N) is 2. The van der Waals surface area contributed by atoms with Crippen LogP contribution in [0.25, 0.3) is 21.3 Å². The number of halogens is 1. The first-order chi connectivity index (χ1) is 11.7. The average molecular weight is 396 g/mol. The van der Waals surface area contributed by atoms with Gasteiger partial charge in [-0.15, -0.1) is 11.3 Å². The summed E-state index contributed by atoms with van der Waals surface area (Å²) in [5, 5.41) is 4.51. The monoisotopic (exact) mass is 395 g/mol. The molecule has 0 radical (unpaired) electrons. The fourth-order valence-corrected chi connectivity index (χ4v) is 4.21. The molecule has 0 amide bonds. The summed E-state index contributed by atoms with van der Waals surface area (Å²) in [6, 6.07) is 18.5. The van der Waals surface area contributed by atoms with Crippen LogP contribution in [0.5, 0.6) is 0 Å². The molecule has 0 unspecified atom stereocenters. The van der Waals surface area contributed by atoms with Crippen molar-refractivity contribution < 1.29 is 0 Å². The first-order valence-corrected chi connectivity index (χ1v) is 9.15. The van der Waals surface area contributed by atoms with Gasteiger partial charge in [0.05, 0.1) is 5.39 Å². The van der Waals surface area contributed by atoms with Gasteiger partial charge in [0.1, 0.15) is 17.0 Å². The van der Waals surface area contributed by atoms with E-state index in [1.54, 1.807) is 17.7 Å². The van der Waals surface area contributed by atoms with Crippen molar-refractivity contribution in [3.8, 4) is 11.1 Å².